The number of hydrogen-bond acceptors (Lipinski definition) is 7. The molecule has 0 radical (unpaired) electrons. The Bertz CT molecular complexity index is 1260. The van der Waals surface area contributed by atoms with E-state index >= 15 is 0 Å². The molecule has 0 N–H and O–H groups in total. The lowest BCUT2D eigenvalue weighted by Gasteiger charge is -2.21. The first-order chi connectivity index (χ1) is 15.2. The summed E-state index contributed by atoms with van der Waals surface area (Å²) in [6, 6.07) is 6.11. The second kappa shape index (κ2) is 9.24. The fourth-order valence-electron chi connectivity index (χ4n) is 3.31. The molecule has 0 amide bonds. The van der Waals surface area contributed by atoms with Crippen molar-refractivity contribution >= 4 is 5.69 Å². The molecule has 0 aliphatic heterocycles. The highest BCUT2D eigenvalue weighted by Crippen LogP contribution is 2.28. The number of halogens is 1. The predicted octanol–water partition coefficient (Wildman–Crippen LogP) is 2.30. The largest absolute Gasteiger partial charge is 0.361 e. The smallest absolute Gasteiger partial charge is 0.358 e. The number of hydrogen-bond donors (Lipinski definition) is 0. The molecule has 0 spiro atoms. The van der Waals surface area contributed by atoms with E-state index in [9.17, 15) is 24.1 Å². The molecule has 2 atom stereocenters. The zero-order valence-corrected chi connectivity index (χ0v) is 17.9. The molecule has 2 heterocycles. The van der Waals surface area contributed by atoms with Crippen molar-refractivity contribution in [3.05, 3.63) is 79.0 Å². The van der Waals surface area contributed by atoms with Crippen LogP contribution in [0.1, 0.15) is 31.9 Å². The third-order valence-electron chi connectivity index (χ3n) is 5.09. The van der Waals surface area contributed by atoms with E-state index in [0.29, 0.717) is 10.1 Å². The molecule has 2 aromatic heterocycles. The predicted molar refractivity (Wildman–Crippen MR) is 112 cm³/mol. The standard InChI is InChI=1S/C20H22FN5O6/c1-12(31-3)24-17(18(26(29)30)19(27)25(20(24)28)13(2)32-4)15-9-22-23(11-15)10-14-7-5-6-8-16(14)21/h5-9,11-13H,10H2,1-4H3. The van der Waals surface area contributed by atoms with Gasteiger partial charge in [0.1, 0.15) is 24.0 Å². The molecular weight excluding hydrogens is 425 g/mol. The maximum Gasteiger partial charge on any atom is 0.358 e. The van der Waals surface area contributed by atoms with Gasteiger partial charge in [-0.2, -0.15) is 5.10 Å². The molecule has 3 rings (SSSR count). The van der Waals surface area contributed by atoms with Crippen LogP contribution in [-0.2, 0) is 16.0 Å². The summed E-state index contributed by atoms with van der Waals surface area (Å²) in [7, 11) is 2.59. The number of aromatic nitrogens is 4. The van der Waals surface area contributed by atoms with Crippen molar-refractivity contribution in [1.29, 1.82) is 0 Å². The molecule has 11 nitrogen and oxygen atoms in total. The number of rotatable bonds is 8. The van der Waals surface area contributed by atoms with Crippen LogP contribution < -0.4 is 11.2 Å². The molecule has 0 saturated heterocycles. The second-order valence-corrected chi connectivity index (χ2v) is 6.97. The van der Waals surface area contributed by atoms with Crippen LogP contribution >= 0.6 is 0 Å². The highest BCUT2D eigenvalue weighted by atomic mass is 19.1. The van der Waals surface area contributed by atoms with Crippen LogP contribution in [0.3, 0.4) is 0 Å². The molecule has 32 heavy (non-hydrogen) atoms. The van der Waals surface area contributed by atoms with Gasteiger partial charge in [0, 0.05) is 31.5 Å². The van der Waals surface area contributed by atoms with Gasteiger partial charge >= 0.3 is 16.9 Å². The van der Waals surface area contributed by atoms with Crippen molar-refractivity contribution in [3.8, 4) is 11.3 Å². The minimum absolute atomic E-state index is 0.0440. The van der Waals surface area contributed by atoms with E-state index in [2.05, 4.69) is 5.10 Å². The molecule has 0 saturated carbocycles. The van der Waals surface area contributed by atoms with E-state index in [-0.39, 0.29) is 17.8 Å². The van der Waals surface area contributed by atoms with E-state index in [4.69, 9.17) is 9.47 Å². The lowest BCUT2D eigenvalue weighted by atomic mass is 10.2. The summed E-state index contributed by atoms with van der Waals surface area (Å²) in [5.74, 6) is -0.434. The SMILES string of the molecule is COC(C)n1c(-c2cnn(Cc3ccccc3F)c2)c([N+](=O)[O-])c(=O)n(C(C)OC)c1=O. The number of nitrogens with zero attached hydrogens (tertiary/aromatic N) is 5. The summed E-state index contributed by atoms with van der Waals surface area (Å²) >= 11 is 0. The molecule has 3 aromatic rings. The third kappa shape index (κ3) is 4.09. The molecule has 170 valence electrons. The van der Waals surface area contributed by atoms with Gasteiger partial charge in [-0.3, -0.25) is 24.2 Å². The maximum absolute atomic E-state index is 14.0. The lowest BCUT2D eigenvalue weighted by molar-refractivity contribution is -0.386. The first kappa shape index (κ1) is 23.0. The molecule has 0 aliphatic carbocycles. The van der Waals surface area contributed by atoms with Crippen LogP contribution in [0.2, 0.25) is 0 Å². The van der Waals surface area contributed by atoms with E-state index in [1.54, 1.807) is 18.2 Å². The first-order valence-corrected chi connectivity index (χ1v) is 9.58. The van der Waals surface area contributed by atoms with E-state index in [1.165, 1.54) is 51.2 Å². The van der Waals surface area contributed by atoms with Crippen molar-refractivity contribution in [2.45, 2.75) is 32.8 Å². The fraction of sp³-hybridized carbons (Fsp3) is 0.350. The van der Waals surface area contributed by atoms with Crippen LogP contribution in [0, 0.1) is 15.9 Å². The average Bonchev–Trinajstić information content (AvgIpc) is 3.22. The van der Waals surface area contributed by atoms with Gasteiger partial charge in [0.15, 0.2) is 0 Å². The van der Waals surface area contributed by atoms with Crippen LogP contribution in [0.15, 0.2) is 46.2 Å². The van der Waals surface area contributed by atoms with Crippen molar-refractivity contribution < 1.29 is 18.8 Å². The zero-order chi connectivity index (χ0) is 23.6. The van der Waals surface area contributed by atoms with E-state index < -0.39 is 40.1 Å². The minimum Gasteiger partial charge on any atom is -0.361 e. The topological polar surface area (TPSA) is 123 Å². The third-order valence-corrected chi connectivity index (χ3v) is 5.09. The Labute approximate surface area is 181 Å². The summed E-state index contributed by atoms with van der Waals surface area (Å²) in [4.78, 5) is 37.2. The Morgan fingerprint density at radius 2 is 1.75 bits per heavy atom. The number of methoxy groups -OCH3 is 2. The normalized spacial score (nSPS) is 13.2. The van der Waals surface area contributed by atoms with Crippen molar-refractivity contribution in [1.82, 2.24) is 18.9 Å². The van der Waals surface area contributed by atoms with Gasteiger partial charge in [0.05, 0.1) is 17.7 Å². The maximum atomic E-state index is 14.0. The average molecular weight is 447 g/mol. The lowest BCUT2D eigenvalue weighted by Crippen LogP contribution is -2.44. The Morgan fingerprint density at radius 3 is 2.34 bits per heavy atom. The molecule has 0 bridgehead atoms. The summed E-state index contributed by atoms with van der Waals surface area (Å²) in [5, 5.41) is 16.0. The van der Waals surface area contributed by atoms with Gasteiger partial charge in [-0.15, -0.1) is 0 Å². The molecular formula is C20H22FN5O6. The van der Waals surface area contributed by atoms with Gasteiger partial charge in [0.25, 0.3) is 0 Å². The van der Waals surface area contributed by atoms with Gasteiger partial charge in [-0.05, 0) is 19.9 Å². The summed E-state index contributed by atoms with van der Waals surface area (Å²) < 4.78 is 27.3. The quantitative estimate of drug-likeness (QED) is 0.383. The Balaban J connectivity index is 2.27. The van der Waals surface area contributed by atoms with Gasteiger partial charge in [0.2, 0.25) is 0 Å². The number of ether oxygens (including phenoxy) is 2. The van der Waals surface area contributed by atoms with Gasteiger partial charge < -0.3 is 9.47 Å². The summed E-state index contributed by atoms with van der Waals surface area (Å²) in [6.45, 7) is 2.97. The minimum atomic E-state index is -1.12. The van der Waals surface area contributed by atoms with Crippen LogP contribution in [0.4, 0.5) is 10.1 Å². The van der Waals surface area contributed by atoms with E-state index in [0.717, 1.165) is 4.57 Å². The molecule has 1 aromatic carbocycles. The van der Waals surface area contributed by atoms with Crippen molar-refractivity contribution in [3.63, 3.8) is 0 Å². The molecule has 12 heteroatoms. The first-order valence-electron chi connectivity index (χ1n) is 9.58. The van der Waals surface area contributed by atoms with E-state index in [1.807, 2.05) is 0 Å². The molecule has 0 fully saturated rings. The molecule has 0 aliphatic rings. The van der Waals surface area contributed by atoms with Crippen LogP contribution in [-0.4, -0.2) is 38.1 Å². The molecule has 2 unspecified atom stereocenters. The summed E-state index contributed by atoms with van der Waals surface area (Å²) in [5.41, 5.74) is -2.58. The number of nitro groups is 1. The van der Waals surface area contributed by atoms with Crippen molar-refractivity contribution in [2.24, 2.45) is 0 Å². The van der Waals surface area contributed by atoms with Crippen LogP contribution in [0.5, 0.6) is 0 Å². The van der Waals surface area contributed by atoms with Gasteiger partial charge in [-0.1, -0.05) is 18.2 Å². The second-order valence-electron chi connectivity index (χ2n) is 6.97. The Morgan fingerprint density at radius 1 is 1.12 bits per heavy atom. The highest BCUT2D eigenvalue weighted by molar-refractivity contribution is 5.68. The number of benzene rings is 1. The Kier molecular flexibility index (Phi) is 6.65. The van der Waals surface area contributed by atoms with Crippen LogP contribution in [0.25, 0.3) is 11.3 Å². The monoisotopic (exact) mass is 447 g/mol. The highest BCUT2D eigenvalue weighted by Gasteiger charge is 2.33. The fourth-order valence-corrected chi connectivity index (χ4v) is 3.31. The Hall–Kier alpha value is -3.64. The zero-order valence-electron chi connectivity index (χ0n) is 17.9. The summed E-state index contributed by atoms with van der Waals surface area (Å²) in [6.07, 6.45) is 0.658. The van der Waals surface area contributed by atoms with Crippen molar-refractivity contribution in [2.75, 3.05) is 14.2 Å². The van der Waals surface area contributed by atoms with Gasteiger partial charge in [-0.25, -0.2) is 13.8 Å².